The van der Waals surface area contributed by atoms with Gasteiger partial charge < -0.3 is 21.9 Å². The number of anilines is 2. The van der Waals surface area contributed by atoms with Crippen LogP contribution in [0.4, 0.5) is 11.4 Å². The van der Waals surface area contributed by atoms with Crippen molar-refractivity contribution in [2.24, 2.45) is 5.73 Å². The van der Waals surface area contributed by atoms with Crippen molar-refractivity contribution < 1.29 is 18.1 Å². The normalized spacial score (nSPS) is 13.4. The van der Waals surface area contributed by atoms with Gasteiger partial charge in [-0.25, -0.2) is 0 Å². The molecule has 0 heterocycles. The molecule has 96 valence electrons. The van der Waals surface area contributed by atoms with Gasteiger partial charge in [-0.15, -0.1) is 0 Å². The van der Waals surface area contributed by atoms with E-state index in [1.807, 2.05) is 0 Å². The maximum absolute atomic E-state index is 11.1. The van der Waals surface area contributed by atoms with Crippen LogP contribution >= 0.6 is 0 Å². The Morgan fingerprint density at radius 1 is 1.41 bits per heavy atom. The van der Waals surface area contributed by atoms with Gasteiger partial charge in [0.2, 0.25) is 0 Å². The highest BCUT2D eigenvalue weighted by molar-refractivity contribution is 7.86. The first-order chi connectivity index (χ1) is 7.84. The third kappa shape index (κ3) is 3.86. The molecule has 0 saturated carbocycles. The molecule has 0 fully saturated rings. The Morgan fingerprint density at radius 2 is 2.06 bits per heavy atom. The minimum Gasteiger partial charge on any atom is -0.399 e. The number of rotatable bonds is 5. The molecule has 0 aromatic heterocycles. The van der Waals surface area contributed by atoms with Crippen LogP contribution in [0, 0.1) is 0 Å². The average molecular weight is 261 g/mol. The minimum absolute atomic E-state index is 0.0448. The molecule has 7 N–H and O–H groups in total. The van der Waals surface area contributed by atoms with Crippen molar-refractivity contribution in [3.8, 4) is 0 Å². The van der Waals surface area contributed by atoms with Crippen LogP contribution in [0.3, 0.4) is 0 Å². The first-order valence-electron chi connectivity index (χ1n) is 4.83. The summed E-state index contributed by atoms with van der Waals surface area (Å²) >= 11 is 0. The second-order valence-electron chi connectivity index (χ2n) is 3.50. The van der Waals surface area contributed by atoms with Crippen molar-refractivity contribution in [3.63, 3.8) is 0 Å². The predicted octanol–water partition coefficient (Wildman–Crippen LogP) is -0.753. The van der Waals surface area contributed by atoms with Crippen molar-refractivity contribution in [3.05, 3.63) is 18.2 Å². The zero-order valence-corrected chi connectivity index (χ0v) is 9.81. The Hall–Kier alpha value is -1.35. The monoisotopic (exact) mass is 261 g/mol. The summed E-state index contributed by atoms with van der Waals surface area (Å²) in [6.45, 7) is 0.117. The van der Waals surface area contributed by atoms with Gasteiger partial charge in [0.15, 0.2) is 0 Å². The number of hydrogen-bond acceptors (Lipinski definition) is 6. The van der Waals surface area contributed by atoms with E-state index in [1.165, 1.54) is 12.1 Å². The number of nitrogen functional groups attached to an aromatic ring is 1. The summed E-state index contributed by atoms with van der Waals surface area (Å²) in [6.07, 6.45) is -0.804. The molecule has 1 rings (SSSR count). The number of hydrogen-bond donors (Lipinski definition) is 5. The van der Waals surface area contributed by atoms with Crippen LogP contribution in [0.25, 0.3) is 0 Å². The Morgan fingerprint density at radius 3 is 2.59 bits per heavy atom. The highest BCUT2D eigenvalue weighted by Crippen LogP contribution is 2.23. The summed E-state index contributed by atoms with van der Waals surface area (Å²) in [5.41, 5.74) is 11.0. The van der Waals surface area contributed by atoms with Gasteiger partial charge in [0.05, 0.1) is 11.8 Å². The largest absolute Gasteiger partial charge is 0.399 e. The molecule has 8 heteroatoms. The van der Waals surface area contributed by atoms with Crippen molar-refractivity contribution in [1.82, 2.24) is 0 Å². The summed E-state index contributed by atoms with van der Waals surface area (Å²) < 4.78 is 31.2. The molecule has 7 nitrogen and oxygen atoms in total. The van der Waals surface area contributed by atoms with Crippen molar-refractivity contribution in [1.29, 1.82) is 0 Å². The lowest BCUT2D eigenvalue weighted by atomic mass is 10.2. The molecule has 17 heavy (non-hydrogen) atoms. The van der Waals surface area contributed by atoms with E-state index in [0.29, 0.717) is 0 Å². The summed E-state index contributed by atoms with van der Waals surface area (Å²) in [5, 5.41) is 11.9. The summed E-state index contributed by atoms with van der Waals surface area (Å²) in [6, 6.07) is 4.01. The number of nitrogens with two attached hydrogens (primary N) is 2. The Balaban J connectivity index is 3.00. The second kappa shape index (κ2) is 5.32. The third-order valence-electron chi connectivity index (χ3n) is 2.08. The van der Waals surface area contributed by atoms with E-state index in [2.05, 4.69) is 5.32 Å². The molecule has 1 atom stereocenters. The van der Waals surface area contributed by atoms with Gasteiger partial charge in [0.1, 0.15) is 4.90 Å². The van der Waals surface area contributed by atoms with Crippen molar-refractivity contribution in [2.45, 2.75) is 11.0 Å². The summed E-state index contributed by atoms with van der Waals surface area (Å²) in [4.78, 5) is -0.332. The molecule has 0 bridgehead atoms. The van der Waals surface area contributed by atoms with E-state index in [0.717, 1.165) is 6.07 Å². The minimum atomic E-state index is -4.37. The smallest absolute Gasteiger partial charge is 0.296 e. The van der Waals surface area contributed by atoms with E-state index in [-0.39, 0.29) is 29.4 Å². The quantitative estimate of drug-likeness (QED) is 0.347. The van der Waals surface area contributed by atoms with Gasteiger partial charge in [-0.1, -0.05) is 0 Å². The highest BCUT2D eigenvalue weighted by Gasteiger charge is 2.16. The third-order valence-corrected chi connectivity index (χ3v) is 2.98. The molecule has 0 aliphatic carbocycles. The molecular weight excluding hydrogens is 246 g/mol. The first kappa shape index (κ1) is 13.7. The van der Waals surface area contributed by atoms with Crippen LogP contribution < -0.4 is 16.8 Å². The van der Waals surface area contributed by atoms with Gasteiger partial charge in [-0.05, 0) is 18.2 Å². The lowest BCUT2D eigenvalue weighted by Crippen LogP contribution is -2.28. The van der Waals surface area contributed by atoms with Crippen LogP contribution in [0.2, 0.25) is 0 Å². The Kier molecular flexibility index (Phi) is 4.29. The molecule has 0 saturated heterocycles. The van der Waals surface area contributed by atoms with E-state index in [9.17, 15) is 13.5 Å². The number of aliphatic hydroxyl groups excluding tert-OH is 1. The fourth-order valence-electron chi connectivity index (χ4n) is 1.21. The lowest BCUT2D eigenvalue weighted by Gasteiger charge is -2.13. The lowest BCUT2D eigenvalue weighted by molar-refractivity contribution is 0.196. The molecule has 0 spiro atoms. The molecule has 0 aliphatic heterocycles. The Labute approximate surface area is 99.2 Å². The average Bonchev–Trinajstić information content (AvgIpc) is 2.25. The zero-order valence-electron chi connectivity index (χ0n) is 9.00. The fraction of sp³-hybridized carbons (Fsp3) is 0.333. The number of aliphatic hydroxyl groups is 1. The van der Waals surface area contributed by atoms with Crippen LogP contribution in [-0.2, 0) is 10.1 Å². The van der Waals surface area contributed by atoms with Crippen LogP contribution in [0.1, 0.15) is 0 Å². The molecule has 1 unspecified atom stereocenters. The maximum atomic E-state index is 11.1. The van der Waals surface area contributed by atoms with E-state index < -0.39 is 16.2 Å². The van der Waals surface area contributed by atoms with Crippen LogP contribution in [0.5, 0.6) is 0 Å². The maximum Gasteiger partial charge on any atom is 0.296 e. The fourth-order valence-corrected chi connectivity index (χ4v) is 1.91. The van der Waals surface area contributed by atoms with Crippen LogP contribution in [0.15, 0.2) is 23.1 Å². The zero-order chi connectivity index (χ0) is 13.1. The molecule has 0 amide bonds. The highest BCUT2D eigenvalue weighted by atomic mass is 32.2. The Bertz CT molecular complexity index is 489. The predicted molar refractivity (Wildman–Crippen MR) is 64.2 cm³/mol. The first-order valence-corrected chi connectivity index (χ1v) is 6.27. The topological polar surface area (TPSA) is 139 Å². The number of nitrogens with one attached hydrogen (secondary N) is 1. The molecular formula is C9H15N3O4S. The summed E-state index contributed by atoms with van der Waals surface area (Å²) in [7, 11) is -4.37. The molecule has 1 aromatic rings. The van der Waals surface area contributed by atoms with Crippen LogP contribution in [-0.4, -0.2) is 37.3 Å². The molecule has 0 radical (unpaired) electrons. The van der Waals surface area contributed by atoms with Gasteiger partial charge in [-0.2, -0.15) is 8.42 Å². The van der Waals surface area contributed by atoms with Gasteiger partial charge in [-0.3, -0.25) is 4.55 Å². The van der Waals surface area contributed by atoms with Gasteiger partial charge in [0, 0.05) is 18.8 Å². The van der Waals surface area contributed by atoms with E-state index in [1.54, 1.807) is 0 Å². The standard InChI is InChI=1S/C9H15N3O4S/c10-4-7(13)5-12-8-2-1-6(11)3-9(8)17(14,15)16/h1-3,7,12-13H,4-5,10-11H2,(H,14,15,16). The summed E-state index contributed by atoms with van der Waals surface area (Å²) in [5.74, 6) is 0. The van der Waals surface area contributed by atoms with Crippen molar-refractivity contribution >= 4 is 21.5 Å². The van der Waals surface area contributed by atoms with E-state index in [4.69, 9.17) is 16.0 Å². The van der Waals surface area contributed by atoms with Crippen molar-refractivity contribution in [2.75, 3.05) is 24.1 Å². The molecule has 0 aliphatic rings. The number of benzene rings is 1. The van der Waals surface area contributed by atoms with E-state index >= 15 is 0 Å². The van der Waals surface area contributed by atoms with Gasteiger partial charge >= 0.3 is 0 Å². The van der Waals surface area contributed by atoms with Gasteiger partial charge in [0.25, 0.3) is 10.1 Å². The second-order valence-corrected chi connectivity index (χ2v) is 4.89. The SMILES string of the molecule is NCC(O)CNc1ccc(N)cc1S(=O)(=O)O. The molecule has 1 aromatic carbocycles.